The zero-order chi connectivity index (χ0) is 15.5. The number of ether oxygens (including phenoxy) is 1. The number of rotatable bonds is 4. The topological polar surface area (TPSA) is 60.2 Å². The number of nitrogens with zero attached hydrogens (tertiary/aromatic N) is 1. The van der Waals surface area contributed by atoms with Crippen LogP contribution in [0.4, 0.5) is 13.2 Å². The number of benzene rings is 1. The lowest BCUT2D eigenvalue weighted by atomic mass is 9.98. The van der Waals surface area contributed by atoms with Gasteiger partial charge in [0.2, 0.25) is 0 Å². The maximum Gasteiger partial charge on any atom is 0.416 e. The highest BCUT2D eigenvalue weighted by Gasteiger charge is 2.30. The average Bonchev–Trinajstić information content (AvgIpc) is 2.48. The highest BCUT2D eigenvalue weighted by atomic mass is 19.4. The standard InChI is InChI=1S/C14H14F3N3O/c1-21-12-8-19-7-6-11(12)13(20-18)9-2-4-10(5-3-9)14(15,16)17/h2-8,13,20H,18H2,1H3. The summed E-state index contributed by atoms with van der Waals surface area (Å²) in [5.41, 5.74) is 3.16. The van der Waals surface area contributed by atoms with Gasteiger partial charge in [-0.15, -0.1) is 0 Å². The number of halogens is 3. The molecule has 0 spiro atoms. The first-order valence-corrected chi connectivity index (χ1v) is 6.08. The highest BCUT2D eigenvalue weighted by Crippen LogP contribution is 2.32. The molecule has 1 atom stereocenters. The van der Waals surface area contributed by atoms with Crippen LogP contribution < -0.4 is 16.0 Å². The molecule has 0 aliphatic heterocycles. The van der Waals surface area contributed by atoms with Gasteiger partial charge in [0.25, 0.3) is 0 Å². The Balaban J connectivity index is 2.38. The molecular weight excluding hydrogens is 283 g/mol. The molecule has 0 fully saturated rings. The van der Waals surface area contributed by atoms with Gasteiger partial charge in [0.15, 0.2) is 0 Å². The first kappa shape index (κ1) is 15.3. The van der Waals surface area contributed by atoms with E-state index in [-0.39, 0.29) is 0 Å². The molecule has 1 heterocycles. The van der Waals surface area contributed by atoms with E-state index >= 15 is 0 Å². The van der Waals surface area contributed by atoms with Gasteiger partial charge < -0.3 is 4.74 Å². The smallest absolute Gasteiger partial charge is 0.416 e. The number of pyridine rings is 1. The Morgan fingerprint density at radius 1 is 1.19 bits per heavy atom. The summed E-state index contributed by atoms with van der Waals surface area (Å²) < 4.78 is 42.9. The van der Waals surface area contributed by atoms with E-state index in [2.05, 4.69) is 10.4 Å². The number of hydrogen-bond acceptors (Lipinski definition) is 4. The molecular formula is C14H14F3N3O. The predicted molar refractivity (Wildman–Crippen MR) is 71.4 cm³/mol. The minimum atomic E-state index is -4.36. The summed E-state index contributed by atoms with van der Waals surface area (Å²) in [4.78, 5) is 3.93. The van der Waals surface area contributed by atoms with Crippen molar-refractivity contribution in [3.05, 3.63) is 59.4 Å². The Hall–Kier alpha value is -2.12. The summed E-state index contributed by atoms with van der Waals surface area (Å²) in [6.45, 7) is 0. The molecule has 0 amide bonds. The van der Waals surface area contributed by atoms with Crippen LogP contribution in [0.25, 0.3) is 0 Å². The van der Waals surface area contributed by atoms with Crippen molar-refractivity contribution in [1.82, 2.24) is 10.4 Å². The normalized spacial score (nSPS) is 13.0. The van der Waals surface area contributed by atoms with E-state index in [1.54, 1.807) is 12.3 Å². The van der Waals surface area contributed by atoms with Crippen LogP contribution in [0.5, 0.6) is 5.75 Å². The Kier molecular flexibility index (Phi) is 4.44. The van der Waals surface area contributed by atoms with E-state index in [0.29, 0.717) is 16.9 Å². The van der Waals surface area contributed by atoms with Crippen LogP contribution in [0.15, 0.2) is 42.7 Å². The van der Waals surface area contributed by atoms with Gasteiger partial charge in [-0.25, -0.2) is 5.43 Å². The van der Waals surface area contributed by atoms with Crippen molar-refractivity contribution >= 4 is 0 Å². The van der Waals surface area contributed by atoms with E-state index in [0.717, 1.165) is 12.1 Å². The third kappa shape index (κ3) is 3.32. The number of hydrogen-bond donors (Lipinski definition) is 2. The molecule has 0 radical (unpaired) electrons. The van der Waals surface area contributed by atoms with Gasteiger partial charge in [-0.2, -0.15) is 13.2 Å². The summed E-state index contributed by atoms with van der Waals surface area (Å²) >= 11 is 0. The van der Waals surface area contributed by atoms with Crippen LogP contribution in [0.1, 0.15) is 22.7 Å². The Morgan fingerprint density at radius 3 is 2.38 bits per heavy atom. The summed E-state index contributed by atoms with van der Waals surface area (Å²) in [5, 5.41) is 0. The molecule has 2 rings (SSSR count). The summed E-state index contributed by atoms with van der Waals surface area (Å²) in [7, 11) is 1.49. The Bertz CT molecular complexity index is 599. The van der Waals surface area contributed by atoms with Crippen molar-refractivity contribution < 1.29 is 17.9 Å². The summed E-state index contributed by atoms with van der Waals surface area (Å²) in [6.07, 6.45) is -1.28. The number of methoxy groups -OCH3 is 1. The lowest BCUT2D eigenvalue weighted by molar-refractivity contribution is -0.137. The fourth-order valence-corrected chi connectivity index (χ4v) is 2.03. The second-order valence-corrected chi connectivity index (χ2v) is 4.34. The van der Waals surface area contributed by atoms with Crippen LogP contribution in [0, 0.1) is 0 Å². The van der Waals surface area contributed by atoms with E-state index < -0.39 is 17.8 Å². The highest BCUT2D eigenvalue weighted by molar-refractivity contribution is 5.40. The van der Waals surface area contributed by atoms with E-state index in [1.165, 1.54) is 25.4 Å². The first-order chi connectivity index (χ1) is 9.97. The van der Waals surface area contributed by atoms with Crippen LogP contribution in [-0.4, -0.2) is 12.1 Å². The molecule has 21 heavy (non-hydrogen) atoms. The van der Waals surface area contributed by atoms with Gasteiger partial charge in [-0.05, 0) is 23.8 Å². The molecule has 4 nitrogen and oxygen atoms in total. The summed E-state index contributed by atoms with van der Waals surface area (Å²) in [6, 6.07) is 6.01. The number of hydrazine groups is 1. The molecule has 0 saturated heterocycles. The fourth-order valence-electron chi connectivity index (χ4n) is 2.03. The average molecular weight is 297 g/mol. The SMILES string of the molecule is COc1cnccc1C(NN)c1ccc(C(F)(F)F)cc1. The zero-order valence-corrected chi connectivity index (χ0v) is 11.2. The van der Waals surface area contributed by atoms with Crippen LogP contribution >= 0.6 is 0 Å². The minimum absolute atomic E-state index is 0.495. The first-order valence-electron chi connectivity index (χ1n) is 6.08. The van der Waals surface area contributed by atoms with Crippen molar-refractivity contribution in [2.75, 3.05) is 7.11 Å². The third-order valence-electron chi connectivity index (χ3n) is 3.09. The Morgan fingerprint density at radius 2 is 1.86 bits per heavy atom. The van der Waals surface area contributed by atoms with Gasteiger partial charge in [0.1, 0.15) is 5.75 Å². The monoisotopic (exact) mass is 297 g/mol. The van der Waals surface area contributed by atoms with Crippen LogP contribution in [-0.2, 0) is 6.18 Å². The van der Waals surface area contributed by atoms with Crippen molar-refractivity contribution in [3.63, 3.8) is 0 Å². The molecule has 3 N–H and O–H groups in total. The van der Waals surface area contributed by atoms with Crippen molar-refractivity contribution in [2.24, 2.45) is 5.84 Å². The minimum Gasteiger partial charge on any atom is -0.495 e. The predicted octanol–water partition coefficient (Wildman–Crippen LogP) is 2.66. The van der Waals surface area contributed by atoms with E-state index in [9.17, 15) is 13.2 Å². The number of aromatic nitrogens is 1. The quantitative estimate of drug-likeness (QED) is 0.673. The molecule has 112 valence electrons. The van der Waals surface area contributed by atoms with E-state index in [4.69, 9.17) is 10.6 Å². The lowest BCUT2D eigenvalue weighted by Crippen LogP contribution is -2.29. The molecule has 7 heteroatoms. The van der Waals surface area contributed by atoms with E-state index in [1.807, 2.05) is 0 Å². The summed E-state index contributed by atoms with van der Waals surface area (Å²) in [5.74, 6) is 6.04. The van der Waals surface area contributed by atoms with Gasteiger partial charge in [0, 0.05) is 11.8 Å². The van der Waals surface area contributed by atoms with Gasteiger partial charge in [0.05, 0.1) is 24.9 Å². The number of nitrogens with two attached hydrogens (primary N) is 1. The zero-order valence-electron chi connectivity index (χ0n) is 11.2. The van der Waals surface area contributed by atoms with Gasteiger partial charge >= 0.3 is 6.18 Å². The van der Waals surface area contributed by atoms with Crippen molar-refractivity contribution in [1.29, 1.82) is 0 Å². The Labute approximate surface area is 119 Å². The number of alkyl halides is 3. The second-order valence-electron chi connectivity index (χ2n) is 4.34. The number of nitrogens with one attached hydrogen (secondary N) is 1. The molecule has 0 aliphatic carbocycles. The fraction of sp³-hybridized carbons (Fsp3) is 0.214. The van der Waals surface area contributed by atoms with Crippen molar-refractivity contribution in [3.8, 4) is 5.75 Å². The largest absolute Gasteiger partial charge is 0.495 e. The molecule has 1 aromatic carbocycles. The second kappa shape index (κ2) is 6.11. The van der Waals surface area contributed by atoms with Crippen LogP contribution in [0.3, 0.4) is 0 Å². The van der Waals surface area contributed by atoms with Crippen molar-refractivity contribution in [2.45, 2.75) is 12.2 Å². The molecule has 1 aromatic heterocycles. The maximum absolute atomic E-state index is 12.6. The lowest BCUT2D eigenvalue weighted by Gasteiger charge is -2.19. The molecule has 2 aromatic rings. The third-order valence-corrected chi connectivity index (χ3v) is 3.09. The molecule has 0 bridgehead atoms. The maximum atomic E-state index is 12.6. The van der Waals surface area contributed by atoms with Gasteiger partial charge in [-0.1, -0.05) is 12.1 Å². The molecule has 0 aliphatic rings. The molecule has 0 saturated carbocycles. The van der Waals surface area contributed by atoms with Gasteiger partial charge in [-0.3, -0.25) is 10.8 Å². The molecule has 1 unspecified atom stereocenters. The van der Waals surface area contributed by atoms with Crippen LogP contribution in [0.2, 0.25) is 0 Å².